The van der Waals surface area contributed by atoms with Gasteiger partial charge < -0.3 is 9.80 Å². The molecule has 1 heterocycles. The summed E-state index contributed by atoms with van der Waals surface area (Å²) in [7, 11) is 0. The molecule has 1 atom stereocenters. The summed E-state index contributed by atoms with van der Waals surface area (Å²) in [5.41, 5.74) is 2.80. The van der Waals surface area contributed by atoms with Gasteiger partial charge in [0, 0.05) is 16.7 Å². The molecular formula is C11H13I3N2. The van der Waals surface area contributed by atoms with Gasteiger partial charge in [0.05, 0.1) is 14.9 Å². The molecular weight excluding hydrogens is 541 g/mol. The van der Waals surface area contributed by atoms with Crippen LogP contribution in [0, 0.1) is 7.14 Å². The number of rotatable bonds is 2. The van der Waals surface area contributed by atoms with Gasteiger partial charge in [0.15, 0.2) is 4.17 Å². The van der Waals surface area contributed by atoms with Crippen LogP contribution in [0.1, 0.15) is 13.8 Å². The highest BCUT2D eigenvalue weighted by Crippen LogP contribution is 2.45. The van der Waals surface area contributed by atoms with Crippen molar-refractivity contribution in [3.05, 3.63) is 19.3 Å². The summed E-state index contributed by atoms with van der Waals surface area (Å²) in [4.78, 5) is 4.93. The molecule has 88 valence electrons. The number of hydrogen-bond acceptors (Lipinski definition) is 2. The first-order valence-corrected chi connectivity index (χ1v) is 8.67. The molecule has 2 rings (SSSR count). The second kappa shape index (κ2) is 5.33. The highest BCUT2D eigenvalue weighted by Gasteiger charge is 2.34. The van der Waals surface area contributed by atoms with E-state index in [9.17, 15) is 0 Å². The van der Waals surface area contributed by atoms with Crippen molar-refractivity contribution >= 4 is 79.1 Å². The van der Waals surface area contributed by atoms with E-state index in [0.29, 0.717) is 4.17 Å². The number of benzene rings is 1. The number of nitrogens with zero attached hydrogens (tertiary/aromatic N) is 2. The molecule has 0 saturated carbocycles. The fourth-order valence-corrected chi connectivity index (χ4v) is 4.62. The maximum absolute atomic E-state index is 2.53. The van der Waals surface area contributed by atoms with E-state index in [1.807, 2.05) is 0 Å². The number of alkyl halides is 1. The summed E-state index contributed by atoms with van der Waals surface area (Å²) in [6.07, 6.45) is 0. The summed E-state index contributed by atoms with van der Waals surface area (Å²) in [6, 6.07) is 4.47. The fourth-order valence-electron chi connectivity index (χ4n) is 2.05. The van der Waals surface area contributed by atoms with Crippen LogP contribution in [0.2, 0.25) is 0 Å². The van der Waals surface area contributed by atoms with Crippen molar-refractivity contribution in [1.82, 2.24) is 0 Å². The number of fused-ring (bicyclic) bond motifs is 1. The van der Waals surface area contributed by atoms with Crippen molar-refractivity contribution in [1.29, 1.82) is 0 Å². The van der Waals surface area contributed by atoms with E-state index in [0.717, 1.165) is 13.1 Å². The van der Waals surface area contributed by atoms with E-state index in [1.54, 1.807) is 0 Å². The molecule has 0 bridgehead atoms. The molecule has 0 aromatic heterocycles. The highest BCUT2D eigenvalue weighted by molar-refractivity contribution is 14.1. The lowest BCUT2D eigenvalue weighted by atomic mass is 10.2. The smallest absolute Gasteiger partial charge is 0.155 e. The maximum atomic E-state index is 2.53. The van der Waals surface area contributed by atoms with Crippen LogP contribution in [-0.2, 0) is 0 Å². The SMILES string of the molecule is CCN1c2ccc(I)c(I)c2N(CC)C1I. The maximum Gasteiger partial charge on any atom is 0.155 e. The lowest BCUT2D eigenvalue weighted by Gasteiger charge is -2.26. The molecule has 0 radical (unpaired) electrons. The number of anilines is 2. The minimum Gasteiger partial charge on any atom is -0.342 e. The predicted molar refractivity (Wildman–Crippen MR) is 95.7 cm³/mol. The Kier molecular flexibility index (Phi) is 4.48. The molecule has 0 amide bonds. The second-order valence-electron chi connectivity index (χ2n) is 3.61. The van der Waals surface area contributed by atoms with Crippen LogP contribution in [0.15, 0.2) is 12.1 Å². The first kappa shape index (κ1) is 13.4. The van der Waals surface area contributed by atoms with Gasteiger partial charge in [0.25, 0.3) is 0 Å². The van der Waals surface area contributed by atoms with Gasteiger partial charge in [0.2, 0.25) is 0 Å². The average molecular weight is 554 g/mol. The molecule has 0 aliphatic carbocycles. The lowest BCUT2D eigenvalue weighted by Crippen LogP contribution is -2.38. The Hall–Kier alpha value is 1.01. The van der Waals surface area contributed by atoms with Crippen molar-refractivity contribution in [2.24, 2.45) is 0 Å². The van der Waals surface area contributed by atoms with Gasteiger partial charge in [-0.1, -0.05) is 0 Å². The van der Waals surface area contributed by atoms with Crippen LogP contribution in [0.3, 0.4) is 0 Å². The van der Waals surface area contributed by atoms with Crippen LogP contribution in [-0.4, -0.2) is 17.3 Å². The van der Waals surface area contributed by atoms with Crippen LogP contribution in [0.4, 0.5) is 11.4 Å². The minimum atomic E-state index is 0.453. The van der Waals surface area contributed by atoms with E-state index in [2.05, 4.69) is 104 Å². The molecule has 16 heavy (non-hydrogen) atoms. The number of hydrogen-bond donors (Lipinski definition) is 0. The molecule has 1 aliphatic rings. The lowest BCUT2D eigenvalue weighted by molar-refractivity contribution is 0.777. The minimum absolute atomic E-state index is 0.453. The van der Waals surface area contributed by atoms with Crippen molar-refractivity contribution in [3.8, 4) is 0 Å². The molecule has 0 spiro atoms. The molecule has 1 aromatic carbocycles. The summed E-state index contributed by atoms with van der Waals surface area (Å²) in [6.45, 7) is 6.57. The summed E-state index contributed by atoms with van der Waals surface area (Å²) in [5, 5.41) is 0. The quantitative estimate of drug-likeness (QED) is 0.307. The first-order valence-electron chi connectivity index (χ1n) is 5.27. The van der Waals surface area contributed by atoms with Gasteiger partial charge in [-0.2, -0.15) is 0 Å². The second-order valence-corrected chi connectivity index (χ2v) is 6.97. The van der Waals surface area contributed by atoms with Crippen LogP contribution in [0.5, 0.6) is 0 Å². The van der Waals surface area contributed by atoms with E-state index in [4.69, 9.17) is 0 Å². The number of halogens is 3. The van der Waals surface area contributed by atoms with Crippen molar-refractivity contribution in [2.75, 3.05) is 22.9 Å². The van der Waals surface area contributed by atoms with E-state index in [1.165, 1.54) is 18.5 Å². The van der Waals surface area contributed by atoms with E-state index in [-0.39, 0.29) is 0 Å². The van der Waals surface area contributed by atoms with E-state index < -0.39 is 0 Å². The monoisotopic (exact) mass is 554 g/mol. The van der Waals surface area contributed by atoms with Gasteiger partial charge in [-0.15, -0.1) is 0 Å². The molecule has 0 fully saturated rings. The third-order valence-corrected chi connectivity index (χ3v) is 7.21. The van der Waals surface area contributed by atoms with Crippen molar-refractivity contribution < 1.29 is 0 Å². The third-order valence-electron chi connectivity index (χ3n) is 2.84. The molecule has 0 saturated heterocycles. The Labute approximate surface area is 138 Å². The fraction of sp³-hybridized carbons (Fsp3) is 0.455. The Morgan fingerprint density at radius 1 is 1.12 bits per heavy atom. The van der Waals surface area contributed by atoms with Crippen molar-refractivity contribution in [3.63, 3.8) is 0 Å². The van der Waals surface area contributed by atoms with Gasteiger partial charge in [0.1, 0.15) is 0 Å². The zero-order chi connectivity index (χ0) is 11.9. The highest BCUT2D eigenvalue weighted by atomic mass is 127. The van der Waals surface area contributed by atoms with Crippen LogP contribution >= 0.6 is 67.8 Å². The first-order chi connectivity index (χ1) is 7.61. The third kappa shape index (κ3) is 2.04. The Balaban J connectivity index is 2.59. The normalized spacial score (nSPS) is 19.2. The molecule has 1 unspecified atom stereocenters. The summed E-state index contributed by atoms with van der Waals surface area (Å²) in [5.74, 6) is 0. The van der Waals surface area contributed by atoms with Gasteiger partial charge in [-0.05, 0) is 93.8 Å². The predicted octanol–water partition coefficient (Wildman–Crippen LogP) is 4.28. The van der Waals surface area contributed by atoms with Crippen LogP contribution < -0.4 is 9.80 Å². The molecule has 1 aliphatic heterocycles. The van der Waals surface area contributed by atoms with Crippen molar-refractivity contribution in [2.45, 2.75) is 18.0 Å². The Morgan fingerprint density at radius 3 is 2.31 bits per heavy atom. The summed E-state index contributed by atoms with van der Waals surface area (Å²) < 4.78 is 3.18. The molecule has 5 heteroatoms. The standard InChI is InChI=1S/C11H13I3N2/c1-3-15-8-6-5-7(12)9(13)10(8)16(4-2)11(15)14/h5-6,11H,3-4H2,1-2H3. The van der Waals surface area contributed by atoms with E-state index >= 15 is 0 Å². The zero-order valence-corrected chi connectivity index (χ0v) is 15.6. The zero-order valence-electron chi connectivity index (χ0n) is 9.17. The topological polar surface area (TPSA) is 6.48 Å². The summed E-state index contributed by atoms with van der Waals surface area (Å²) >= 11 is 7.41. The Bertz CT molecular complexity index is 408. The molecule has 2 nitrogen and oxygen atoms in total. The van der Waals surface area contributed by atoms with Gasteiger partial charge in [-0.3, -0.25) is 0 Å². The Morgan fingerprint density at radius 2 is 1.75 bits per heavy atom. The van der Waals surface area contributed by atoms with Gasteiger partial charge in [-0.25, -0.2) is 0 Å². The largest absolute Gasteiger partial charge is 0.342 e. The molecule has 1 aromatic rings. The van der Waals surface area contributed by atoms with Crippen LogP contribution in [0.25, 0.3) is 0 Å². The average Bonchev–Trinajstić information content (AvgIpc) is 2.56. The van der Waals surface area contributed by atoms with Gasteiger partial charge >= 0.3 is 0 Å². The molecule has 0 N–H and O–H groups in total.